The fourth-order valence-electron chi connectivity index (χ4n) is 1.62. The highest BCUT2D eigenvalue weighted by molar-refractivity contribution is 5.20. The van der Waals surface area contributed by atoms with Crippen molar-refractivity contribution in [3.8, 4) is 0 Å². The Bertz CT molecular complexity index is 278. The molecule has 1 N–H and O–H groups in total. The third-order valence-corrected chi connectivity index (χ3v) is 2.38. The number of rotatable bonds is 2. The monoisotopic (exact) mass is 194 g/mol. The van der Waals surface area contributed by atoms with Crippen molar-refractivity contribution < 1.29 is 14.6 Å². The minimum Gasteiger partial charge on any atom is -0.390 e. The summed E-state index contributed by atoms with van der Waals surface area (Å²) in [6.07, 6.45) is 0.884. The van der Waals surface area contributed by atoms with E-state index in [1.807, 2.05) is 30.3 Å². The van der Waals surface area contributed by atoms with Gasteiger partial charge in [-0.25, -0.2) is 0 Å². The second kappa shape index (κ2) is 4.09. The van der Waals surface area contributed by atoms with Crippen molar-refractivity contribution in [1.82, 2.24) is 0 Å². The fourth-order valence-corrected chi connectivity index (χ4v) is 1.62. The van der Waals surface area contributed by atoms with Crippen molar-refractivity contribution in [1.29, 1.82) is 0 Å². The van der Waals surface area contributed by atoms with Crippen molar-refractivity contribution in [2.45, 2.75) is 12.2 Å². The molecule has 1 aliphatic rings. The predicted molar refractivity (Wildman–Crippen MR) is 51.7 cm³/mol. The molecule has 14 heavy (non-hydrogen) atoms. The molecule has 0 aliphatic carbocycles. The van der Waals surface area contributed by atoms with Crippen LogP contribution in [0.2, 0.25) is 0 Å². The van der Waals surface area contributed by atoms with Crippen LogP contribution in [0.5, 0.6) is 0 Å². The van der Waals surface area contributed by atoms with Crippen LogP contribution in [0.4, 0.5) is 0 Å². The molecule has 0 atom stereocenters. The van der Waals surface area contributed by atoms with Crippen molar-refractivity contribution in [2.75, 3.05) is 19.8 Å². The Morgan fingerprint density at radius 2 is 1.79 bits per heavy atom. The summed E-state index contributed by atoms with van der Waals surface area (Å²) < 4.78 is 11.1. The smallest absolute Gasteiger partial charge is 0.218 e. The highest BCUT2D eigenvalue weighted by atomic mass is 16.7. The Labute approximate surface area is 83.3 Å². The van der Waals surface area contributed by atoms with Crippen LogP contribution in [0, 0.1) is 0 Å². The maximum Gasteiger partial charge on any atom is 0.218 e. The molecule has 0 amide bonds. The van der Waals surface area contributed by atoms with Crippen LogP contribution in [0.25, 0.3) is 0 Å². The summed E-state index contributed by atoms with van der Waals surface area (Å²) in [5, 5.41) is 9.34. The molecule has 1 aromatic rings. The third-order valence-electron chi connectivity index (χ3n) is 2.38. The molecule has 1 heterocycles. The molecule has 3 nitrogen and oxygen atoms in total. The SMILES string of the molecule is OCC1(c2ccccc2)OCCCO1. The van der Waals surface area contributed by atoms with Gasteiger partial charge in [0.1, 0.15) is 6.61 Å². The minimum atomic E-state index is -0.931. The van der Waals surface area contributed by atoms with Crippen molar-refractivity contribution in [2.24, 2.45) is 0 Å². The Balaban J connectivity index is 2.27. The quantitative estimate of drug-likeness (QED) is 0.770. The van der Waals surface area contributed by atoms with Gasteiger partial charge >= 0.3 is 0 Å². The molecule has 0 bridgehead atoms. The molecule has 0 aromatic heterocycles. The normalized spacial score (nSPS) is 20.6. The lowest BCUT2D eigenvalue weighted by molar-refractivity contribution is -0.291. The van der Waals surface area contributed by atoms with Gasteiger partial charge < -0.3 is 14.6 Å². The van der Waals surface area contributed by atoms with E-state index in [2.05, 4.69) is 0 Å². The molecule has 1 fully saturated rings. The van der Waals surface area contributed by atoms with Crippen LogP contribution in [-0.2, 0) is 15.3 Å². The second-order valence-corrected chi connectivity index (χ2v) is 3.33. The summed E-state index contributed by atoms with van der Waals surface area (Å²) in [6.45, 7) is 1.13. The topological polar surface area (TPSA) is 38.7 Å². The van der Waals surface area contributed by atoms with E-state index >= 15 is 0 Å². The molecule has 1 aromatic carbocycles. The van der Waals surface area contributed by atoms with Gasteiger partial charge in [-0.05, 0) is 6.42 Å². The molecule has 0 radical (unpaired) electrons. The fraction of sp³-hybridized carbons (Fsp3) is 0.455. The molecule has 0 spiro atoms. The van der Waals surface area contributed by atoms with E-state index in [1.54, 1.807) is 0 Å². The van der Waals surface area contributed by atoms with Crippen LogP contribution >= 0.6 is 0 Å². The van der Waals surface area contributed by atoms with E-state index < -0.39 is 5.79 Å². The molecule has 1 aliphatic heterocycles. The van der Waals surface area contributed by atoms with Crippen molar-refractivity contribution in [3.63, 3.8) is 0 Å². The average molecular weight is 194 g/mol. The van der Waals surface area contributed by atoms with E-state index in [0.717, 1.165) is 12.0 Å². The van der Waals surface area contributed by atoms with Crippen LogP contribution in [0.15, 0.2) is 30.3 Å². The van der Waals surface area contributed by atoms with E-state index in [4.69, 9.17) is 9.47 Å². The molecule has 76 valence electrons. The first-order chi connectivity index (χ1) is 6.87. The van der Waals surface area contributed by atoms with Crippen molar-refractivity contribution in [3.05, 3.63) is 35.9 Å². The Morgan fingerprint density at radius 1 is 1.14 bits per heavy atom. The molecule has 0 saturated carbocycles. The zero-order valence-electron chi connectivity index (χ0n) is 7.98. The first kappa shape index (κ1) is 9.65. The number of aliphatic hydroxyl groups is 1. The number of hydrogen-bond acceptors (Lipinski definition) is 3. The predicted octanol–water partition coefficient (Wildman–Crippen LogP) is 1.27. The summed E-state index contributed by atoms with van der Waals surface area (Å²) in [5.41, 5.74) is 0.877. The van der Waals surface area contributed by atoms with E-state index in [1.165, 1.54) is 0 Å². The number of benzene rings is 1. The largest absolute Gasteiger partial charge is 0.390 e. The Kier molecular flexibility index (Phi) is 2.82. The van der Waals surface area contributed by atoms with Gasteiger partial charge in [0.05, 0.1) is 13.2 Å². The van der Waals surface area contributed by atoms with Gasteiger partial charge in [0.15, 0.2) is 0 Å². The first-order valence-electron chi connectivity index (χ1n) is 4.82. The van der Waals surface area contributed by atoms with Gasteiger partial charge in [-0.15, -0.1) is 0 Å². The second-order valence-electron chi connectivity index (χ2n) is 3.33. The maximum absolute atomic E-state index is 9.34. The summed E-state index contributed by atoms with van der Waals surface area (Å²) >= 11 is 0. The molecule has 3 heteroatoms. The lowest BCUT2D eigenvalue weighted by Gasteiger charge is -2.35. The number of aliphatic hydroxyl groups excluding tert-OH is 1. The summed E-state index contributed by atoms with van der Waals surface area (Å²) in [5.74, 6) is -0.931. The highest BCUT2D eigenvalue weighted by Crippen LogP contribution is 2.29. The number of hydrogen-bond donors (Lipinski definition) is 1. The first-order valence-corrected chi connectivity index (χ1v) is 4.82. The zero-order valence-corrected chi connectivity index (χ0v) is 7.98. The minimum absolute atomic E-state index is 0.142. The average Bonchev–Trinajstić information content (AvgIpc) is 2.31. The molecule has 2 rings (SSSR count). The summed E-state index contributed by atoms with van der Waals surface area (Å²) in [6, 6.07) is 9.56. The van der Waals surface area contributed by atoms with Gasteiger partial charge in [0, 0.05) is 5.56 Å². The molecule has 1 saturated heterocycles. The Morgan fingerprint density at radius 3 is 2.36 bits per heavy atom. The lowest BCUT2D eigenvalue weighted by atomic mass is 10.1. The lowest BCUT2D eigenvalue weighted by Crippen LogP contribution is -2.41. The van der Waals surface area contributed by atoms with Gasteiger partial charge in [-0.1, -0.05) is 30.3 Å². The van der Waals surface area contributed by atoms with Crippen LogP contribution in [-0.4, -0.2) is 24.9 Å². The van der Waals surface area contributed by atoms with Crippen LogP contribution in [0.1, 0.15) is 12.0 Å². The number of ether oxygens (including phenoxy) is 2. The third kappa shape index (κ3) is 1.66. The standard InChI is InChI=1S/C11H14O3/c12-9-11(13-7-4-8-14-11)10-5-2-1-3-6-10/h1-3,5-6,12H,4,7-9H2. The summed E-state index contributed by atoms with van der Waals surface area (Å²) in [7, 11) is 0. The van der Waals surface area contributed by atoms with Gasteiger partial charge in [-0.2, -0.15) is 0 Å². The van der Waals surface area contributed by atoms with Gasteiger partial charge in [0.25, 0.3) is 0 Å². The van der Waals surface area contributed by atoms with E-state index in [0.29, 0.717) is 13.2 Å². The molecular weight excluding hydrogens is 180 g/mol. The zero-order chi connectivity index (χ0) is 9.86. The summed E-state index contributed by atoms with van der Waals surface area (Å²) in [4.78, 5) is 0. The Hall–Kier alpha value is -0.900. The molecular formula is C11H14O3. The molecule has 0 unspecified atom stereocenters. The van der Waals surface area contributed by atoms with Gasteiger partial charge in [0.2, 0.25) is 5.79 Å². The highest BCUT2D eigenvalue weighted by Gasteiger charge is 2.35. The van der Waals surface area contributed by atoms with Gasteiger partial charge in [-0.3, -0.25) is 0 Å². The van der Waals surface area contributed by atoms with Crippen LogP contribution in [0.3, 0.4) is 0 Å². The van der Waals surface area contributed by atoms with Crippen molar-refractivity contribution >= 4 is 0 Å². The van der Waals surface area contributed by atoms with E-state index in [-0.39, 0.29) is 6.61 Å². The van der Waals surface area contributed by atoms with Crippen LogP contribution < -0.4 is 0 Å². The maximum atomic E-state index is 9.34. The van der Waals surface area contributed by atoms with E-state index in [9.17, 15) is 5.11 Å².